The van der Waals surface area contributed by atoms with Crippen LogP contribution in [-0.4, -0.2) is 31.0 Å². The summed E-state index contributed by atoms with van der Waals surface area (Å²) in [5, 5.41) is 10.7. The fraction of sp³-hybridized carbons (Fsp3) is 0.500. The van der Waals surface area contributed by atoms with E-state index in [2.05, 4.69) is 35.4 Å². The van der Waals surface area contributed by atoms with E-state index < -0.39 is 0 Å². The fourth-order valence-corrected chi connectivity index (χ4v) is 6.88. The SMILES string of the molecule is CCCCCCSc1nnc2n(-c3cccc(C)c3)c(=O)c3c4c(sc3n12)CO[C@H](C(C)C)C4. The predicted molar refractivity (Wildman–Crippen MR) is 141 cm³/mol. The Labute approximate surface area is 208 Å². The highest BCUT2D eigenvalue weighted by Gasteiger charge is 2.30. The molecule has 1 aliphatic rings. The number of thioether (sulfide) groups is 1. The van der Waals surface area contributed by atoms with Gasteiger partial charge in [-0.2, -0.15) is 0 Å². The summed E-state index contributed by atoms with van der Waals surface area (Å²) in [5.74, 6) is 1.98. The second-order valence-electron chi connectivity index (χ2n) is 9.49. The lowest BCUT2D eigenvalue weighted by Gasteiger charge is -2.26. The van der Waals surface area contributed by atoms with Crippen LogP contribution in [0, 0.1) is 12.8 Å². The van der Waals surface area contributed by atoms with Gasteiger partial charge in [0.05, 0.1) is 23.8 Å². The molecule has 0 saturated heterocycles. The molecule has 0 fully saturated rings. The van der Waals surface area contributed by atoms with Crippen molar-refractivity contribution in [1.29, 1.82) is 0 Å². The molecule has 4 aromatic rings. The van der Waals surface area contributed by atoms with Gasteiger partial charge in [-0.1, -0.05) is 63.9 Å². The third kappa shape index (κ3) is 4.20. The molecule has 1 aliphatic heterocycles. The van der Waals surface area contributed by atoms with Crippen molar-refractivity contribution in [3.8, 4) is 5.69 Å². The molecule has 6 nitrogen and oxygen atoms in total. The van der Waals surface area contributed by atoms with Crippen LogP contribution < -0.4 is 5.56 Å². The molecule has 180 valence electrons. The molecule has 0 aliphatic carbocycles. The summed E-state index contributed by atoms with van der Waals surface area (Å²) in [6, 6.07) is 8.05. The zero-order valence-corrected chi connectivity index (χ0v) is 22.0. The van der Waals surface area contributed by atoms with Gasteiger partial charge in [0.1, 0.15) is 4.83 Å². The van der Waals surface area contributed by atoms with Crippen molar-refractivity contribution in [1.82, 2.24) is 19.2 Å². The highest BCUT2D eigenvalue weighted by Crippen LogP contribution is 2.37. The molecule has 1 atom stereocenters. The van der Waals surface area contributed by atoms with Crippen molar-refractivity contribution in [2.24, 2.45) is 5.92 Å². The third-order valence-corrected chi connectivity index (χ3v) is 8.78. The zero-order valence-electron chi connectivity index (χ0n) is 20.3. The molecule has 0 unspecified atom stereocenters. The largest absolute Gasteiger partial charge is 0.372 e. The number of hydrogen-bond acceptors (Lipinski definition) is 6. The highest BCUT2D eigenvalue weighted by molar-refractivity contribution is 7.99. The molecule has 0 spiro atoms. The predicted octanol–water partition coefficient (Wildman–Crippen LogP) is 6.17. The van der Waals surface area contributed by atoms with Crippen molar-refractivity contribution in [3.63, 3.8) is 0 Å². The van der Waals surface area contributed by atoms with Gasteiger partial charge in [-0.15, -0.1) is 21.5 Å². The average molecular weight is 497 g/mol. The minimum absolute atomic E-state index is 0.0121. The van der Waals surface area contributed by atoms with Gasteiger partial charge in [0.25, 0.3) is 5.56 Å². The van der Waals surface area contributed by atoms with Crippen LogP contribution in [0.4, 0.5) is 0 Å². The quantitative estimate of drug-likeness (QED) is 0.216. The Balaban J connectivity index is 1.71. The van der Waals surface area contributed by atoms with E-state index in [0.717, 1.165) is 55.7 Å². The molecule has 0 N–H and O–H groups in total. The molecule has 0 amide bonds. The number of benzene rings is 1. The van der Waals surface area contributed by atoms with Crippen LogP contribution in [0.15, 0.2) is 34.2 Å². The number of aromatic nitrogens is 4. The van der Waals surface area contributed by atoms with E-state index in [1.807, 2.05) is 31.2 Å². The summed E-state index contributed by atoms with van der Waals surface area (Å²) in [6.07, 6.45) is 5.75. The normalized spacial score (nSPS) is 16.1. The lowest BCUT2D eigenvalue weighted by atomic mass is 9.96. The van der Waals surface area contributed by atoms with Gasteiger partial charge in [0, 0.05) is 17.1 Å². The Morgan fingerprint density at radius 1 is 1.24 bits per heavy atom. The van der Waals surface area contributed by atoms with E-state index in [1.54, 1.807) is 27.7 Å². The van der Waals surface area contributed by atoms with Crippen LogP contribution in [0.2, 0.25) is 0 Å². The summed E-state index contributed by atoms with van der Waals surface area (Å²) in [6.45, 7) is 9.20. The number of fused-ring (bicyclic) bond motifs is 5. The standard InChI is InChI=1S/C26H32N4O2S2/c1-5-6-7-8-12-33-26-28-27-25-29(18-11-9-10-17(4)13-18)23(31)22-19-14-20(16(2)3)32-15-21(19)34-24(22)30(25)26/h9-11,13,16,20H,5-8,12,14-15H2,1-4H3/t20-/m0/s1. The van der Waals surface area contributed by atoms with Crippen LogP contribution in [0.1, 0.15) is 62.5 Å². The fourth-order valence-electron chi connectivity index (χ4n) is 4.65. The molecular weight excluding hydrogens is 464 g/mol. The minimum Gasteiger partial charge on any atom is -0.372 e. The summed E-state index contributed by atoms with van der Waals surface area (Å²) in [7, 11) is 0. The summed E-state index contributed by atoms with van der Waals surface area (Å²) >= 11 is 3.40. The van der Waals surface area contributed by atoms with Crippen LogP contribution in [0.25, 0.3) is 21.7 Å². The average Bonchev–Trinajstić information content (AvgIpc) is 3.40. The maximum atomic E-state index is 14.0. The molecular formula is C26H32N4O2S2. The van der Waals surface area contributed by atoms with Crippen LogP contribution >= 0.6 is 23.1 Å². The number of ether oxygens (including phenoxy) is 1. The van der Waals surface area contributed by atoms with Gasteiger partial charge < -0.3 is 4.74 Å². The number of thiophene rings is 1. The van der Waals surface area contributed by atoms with E-state index >= 15 is 0 Å². The molecule has 34 heavy (non-hydrogen) atoms. The van der Waals surface area contributed by atoms with Gasteiger partial charge in [-0.05, 0) is 42.5 Å². The number of nitrogens with zero attached hydrogens (tertiary/aromatic N) is 4. The highest BCUT2D eigenvalue weighted by atomic mass is 32.2. The first-order valence-corrected chi connectivity index (χ1v) is 14.1. The second kappa shape index (κ2) is 9.84. The second-order valence-corrected chi connectivity index (χ2v) is 11.6. The minimum atomic E-state index is -0.0121. The Kier molecular flexibility index (Phi) is 6.82. The van der Waals surface area contributed by atoms with Gasteiger partial charge >= 0.3 is 0 Å². The summed E-state index contributed by atoms with van der Waals surface area (Å²) in [5.41, 5.74) is 3.07. The van der Waals surface area contributed by atoms with Gasteiger partial charge in [-0.25, -0.2) is 8.97 Å². The van der Waals surface area contributed by atoms with E-state index in [4.69, 9.17) is 4.74 Å². The maximum absolute atomic E-state index is 14.0. The molecule has 0 bridgehead atoms. The number of rotatable bonds is 8. The van der Waals surface area contributed by atoms with Gasteiger partial charge in [0.2, 0.25) is 5.78 Å². The van der Waals surface area contributed by atoms with Crippen LogP contribution in [0.5, 0.6) is 0 Å². The first-order chi connectivity index (χ1) is 16.5. The smallest absolute Gasteiger partial charge is 0.268 e. The zero-order chi connectivity index (χ0) is 23.8. The number of unbranched alkanes of at least 4 members (excludes halogenated alkanes) is 3. The summed E-state index contributed by atoms with van der Waals surface area (Å²) in [4.78, 5) is 16.1. The van der Waals surface area contributed by atoms with Crippen LogP contribution in [0.3, 0.4) is 0 Å². The molecule has 0 saturated carbocycles. The third-order valence-electron chi connectivity index (χ3n) is 6.57. The molecule has 1 aromatic carbocycles. The number of hydrogen-bond donors (Lipinski definition) is 0. The first-order valence-electron chi connectivity index (χ1n) is 12.3. The van der Waals surface area contributed by atoms with Crippen molar-refractivity contribution in [2.75, 3.05) is 5.75 Å². The van der Waals surface area contributed by atoms with E-state index in [9.17, 15) is 4.79 Å². The Morgan fingerprint density at radius 2 is 2.09 bits per heavy atom. The van der Waals surface area contributed by atoms with Crippen molar-refractivity contribution in [3.05, 3.63) is 50.6 Å². The lowest BCUT2D eigenvalue weighted by molar-refractivity contribution is 0.00200. The maximum Gasteiger partial charge on any atom is 0.268 e. The molecule has 4 heterocycles. The number of aryl methyl sites for hydroxylation is 1. The van der Waals surface area contributed by atoms with E-state index in [1.165, 1.54) is 19.3 Å². The topological polar surface area (TPSA) is 61.4 Å². The Morgan fingerprint density at radius 3 is 2.85 bits per heavy atom. The summed E-state index contributed by atoms with van der Waals surface area (Å²) < 4.78 is 10.0. The molecule has 8 heteroatoms. The van der Waals surface area contributed by atoms with Crippen LogP contribution in [-0.2, 0) is 17.8 Å². The van der Waals surface area contributed by atoms with Crippen molar-refractivity contribution >= 4 is 39.1 Å². The molecule has 3 aromatic heterocycles. The lowest BCUT2D eigenvalue weighted by Crippen LogP contribution is -2.28. The Bertz CT molecular complexity index is 1390. The van der Waals surface area contributed by atoms with E-state index in [0.29, 0.717) is 18.3 Å². The van der Waals surface area contributed by atoms with Gasteiger partial charge in [0.15, 0.2) is 5.16 Å². The first kappa shape index (κ1) is 23.6. The van der Waals surface area contributed by atoms with Gasteiger partial charge in [-0.3, -0.25) is 4.79 Å². The monoisotopic (exact) mass is 496 g/mol. The molecule has 0 radical (unpaired) electrons. The molecule has 5 rings (SSSR count). The van der Waals surface area contributed by atoms with Crippen molar-refractivity contribution < 1.29 is 4.74 Å². The Hall–Kier alpha value is -2.16. The van der Waals surface area contributed by atoms with Crippen molar-refractivity contribution in [2.45, 2.75) is 77.7 Å². The van der Waals surface area contributed by atoms with E-state index in [-0.39, 0.29) is 11.7 Å².